The second-order valence-corrected chi connectivity index (χ2v) is 5.49. The molecule has 1 spiro atoms. The van der Waals surface area contributed by atoms with Crippen LogP contribution in [0.2, 0.25) is 0 Å². The minimum atomic E-state index is -1.06. The van der Waals surface area contributed by atoms with Gasteiger partial charge in [-0.05, 0) is 19.8 Å². The Morgan fingerprint density at radius 1 is 1.29 bits per heavy atom. The van der Waals surface area contributed by atoms with Gasteiger partial charge in [0.25, 0.3) is 0 Å². The highest BCUT2D eigenvalue weighted by Gasteiger charge is 2.54. The van der Waals surface area contributed by atoms with Gasteiger partial charge in [-0.3, -0.25) is 19.8 Å². The molecule has 0 unspecified atom stereocenters. The monoisotopic (exact) mass is 292 g/mol. The van der Waals surface area contributed by atoms with Crippen LogP contribution in [-0.2, 0) is 16.0 Å². The SMILES string of the molecule is Cc1noc(CCN2C(=O)NC(=O)C3(CCCC3)C2=O)n1. The van der Waals surface area contributed by atoms with Gasteiger partial charge in [-0.15, -0.1) is 0 Å². The molecule has 1 aliphatic heterocycles. The van der Waals surface area contributed by atoms with Crippen LogP contribution >= 0.6 is 0 Å². The van der Waals surface area contributed by atoms with E-state index in [1.807, 2.05) is 0 Å². The summed E-state index contributed by atoms with van der Waals surface area (Å²) in [6, 6.07) is -0.668. The predicted molar refractivity (Wildman–Crippen MR) is 68.9 cm³/mol. The van der Waals surface area contributed by atoms with Gasteiger partial charge in [-0.1, -0.05) is 18.0 Å². The van der Waals surface area contributed by atoms with Crippen LogP contribution in [0.5, 0.6) is 0 Å². The van der Waals surface area contributed by atoms with Crippen molar-refractivity contribution in [3.8, 4) is 0 Å². The van der Waals surface area contributed by atoms with Gasteiger partial charge in [-0.25, -0.2) is 4.79 Å². The number of hydrogen-bond acceptors (Lipinski definition) is 6. The fraction of sp³-hybridized carbons (Fsp3) is 0.615. The third-order valence-electron chi connectivity index (χ3n) is 4.13. The van der Waals surface area contributed by atoms with Crippen LogP contribution in [0.1, 0.15) is 37.4 Å². The van der Waals surface area contributed by atoms with Gasteiger partial charge < -0.3 is 4.52 Å². The summed E-state index contributed by atoms with van der Waals surface area (Å²) in [5.74, 6) is 0.0113. The number of carbonyl (C=O) groups is 3. The van der Waals surface area contributed by atoms with E-state index < -0.39 is 23.3 Å². The molecule has 2 aliphatic rings. The molecule has 8 nitrogen and oxygen atoms in total. The molecule has 21 heavy (non-hydrogen) atoms. The summed E-state index contributed by atoms with van der Waals surface area (Å²) >= 11 is 0. The number of aromatic nitrogens is 2. The molecule has 1 aromatic rings. The van der Waals surface area contributed by atoms with E-state index in [2.05, 4.69) is 15.5 Å². The molecule has 1 saturated heterocycles. The van der Waals surface area contributed by atoms with Crippen molar-refractivity contribution >= 4 is 17.8 Å². The zero-order valence-electron chi connectivity index (χ0n) is 11.7. The van der Waals surface area contributed by atoms with Crippen LogP contribution < -0.4 is 5.32 Å². The van der Waals surface area contributed by atoms with Gasteiger partial charge in [0.15, 0.2) is 5.82 Å². The van der Waals surface area contributed by atoms with E-state index in [0.717, 1.165) is 17.7 Å². The highest BCUT2D eigenvalue weighted by atomic mass is 16.5. The van der Waals surface area contributed by atoms with Crippen molar-refractivity contribution in [3.05, 3.63) is 11.7 Å². The maximum atomic E-state index is 12.6. The molecule has 1 aromatic heterocycles. The summed E-state index contributed by atoms with van der Waals surface area (Å²) < 4.78 is 4.97. The summed E-state index contributed by atoms with van der Waals surface area (Å²) in [5, 5.41) is 5.95. The maximum absolute atomic E-state index is 12.6. The van der Waals surface area contributed by atoms with E-state index >= 15 is 0 Å². The first kappa shape index (κ1) is 13.7. The van der Waals surface area contributed by atoms with Crippen molar-refractivity contribution in [1.82, 2.24) is 20.4 Å². The molecule has 1 aliphatic carbocycles. The Balaban J connectivity index is 1.75. The molecule has 2 heterocycles. The van der Waals surface area contributed by atoms with Crippen molar-refractivity contribution in [2.24, 2.45) is 5.41 Å². The number of hydrogen-bond donors (Lipinski definition) is 1. The molecule has 0 bridgehead atoms. The minimum Gasteiger partial charge on any atom is -0.339 e. The molecule has 0 radical (unpaired) electrons. The molecule has 1 N–H and O–H groups in total. The van der Waals surface area contributed by atoms with E-state index in [0.29, 0.717) is 24.6 Å². The highest BCUT2D eigenvalue weighted by Crippen LogP contribution is 2.41. The quantitative estimate of drug-likeness (QED) is 0.816. The van der Waals surface area contributed by atoms with Crippen LogP contribution in [0.3, 0.4) is 0 Å². The zero-order chi connectivity index (χ0) is 15.0. The third kappa shape index (κ3) is 2.20. The van der Waals surface area contributed by atoms with Crippen LogP contribution in [0.25, 0.3) is 0 Å². The second-order valence-electron chi connectivity index (χ2n) is 5.49. The first-order chi connectivity index (χ1) is 10.0. The van der Waals surface area contributed by atoms with Crippen molar-refractivity contribution in [1.29, 1.82) is 0 Å². The lowest BCUT2D eigenvalue weighted by Crippen LogP contribution is -2.63. The molecule has 0 aromatic carbocycles. The second kappa shape index (κ2) is 4.94. The summed E-state index contributed by atoms with van der Waals surface area (Å²) in [6.07, 6.45) is 2.93. The largest absolute Gasteiger partial charge is 0.339 e. The maximum Gasteiger partial charge on any atom is 0.330 e. The number of nitrogens with zero attached hydrogens (tertiary/aromatic N) is 3. The Morgan fingerprint density at radius 2 is 2.00 bits per heavy atom. The normalized spacial score (nSPS) is 21.2. The molecule has 4 amide bonds. The van der Waals surface area contributed by atoms with E-state index in [4.69, 9.17) is 4.52 Å². The van der Waals surface area contributed by atoms with Gasteiger partial charge in [0.05, 0.1) is 0 Å². The molecule has 3 rings (SSSR count). The molecule has 2 fully saturated rings. The predicted octanol–water partition coefficient (Wildman–Crippen LogP) is 0.559. The fourth-order valence-electron chi connectivity index (χ4n) is 3.00. The first-order valence-corrected chi connectivity index (χ1v) is 6.99. The number of carbonyl (C=O) groups excluding carboxylic acids is 3. The van der Waals surface area contributed by atoms with E-state index in [-0.39, 0.29) is 13.0 Å². The molecular weight excluding hydrogens is 276 g/mol. The summed E-state index contributed by atoms with van der Waals surface area (Å²) in [5.41, 5.74) is -1.06. The molecule has 0 atom stereocenters. The smallest absolute Gasteiger partial charge is 0.330 e. The van der Waals surface area contributed by atoms with Crippen LogP contribution in [0.4, 0.5) is 4.79 Å². The third-order valence-corrected chi connectivity index (χ3v) is 4.13. The average Bonchev–Trinajstić information content (AvgIpc) is 3.07. The van der Waals surface area contributed by atoms with Gasteiger partial charge in [0.2, 0.25) is 17.7 Å². The van der Waals surface area contributed by atoms with Crippen molar-refractivity contribution in [2.75, 3.05) is 6.54 Å². The Bertz CT molecular complexity index is 603. The number of aryl methyl sites for hydroxylation is 1. The minimum absolute atomic E-state index is 0.126. The Hall–Kier alpha value is -2.25. The zero-order valence-corrected chi connectivity index (χ0v) is 11.7. The number of imide groups is 2. The van der Waals surface area contributed by atoms with E-state index in [9.17, 15) is 14.4 Å². The fourth-order valence-corrected chi connectivity index (χ4v) is 3.00. The van der Waals surface area contributed by atoms with E-state index in [1.165, 1.54) is 0 Å². The Morgan fingerprint density at radius 3 is 2.62 bits per heavy atom. The summed E-state index contributed by atoms with van der Waals surface area (Å²) in [6.45, 7) is 1.82. The highest BCUT2D eigenvalue weighted by molar-refractivity contribution is 6.19. The number of rotatable bonds is 3. The van der Waals surface area contributed by atoms with Crippen molar-refractivity contribution in [2.45, 2.75) is 39.0 Å². The van der Waals surface area contributed by atoms with Crippen molar-refractivity contribution in [3.63, 3.8) is 0 Å². The molecule has 112 valence electrons. The lowest BCUT2D eigenvalue weighted by molar-refractivity contribution is -0.151. The van der Waals surface area contributed by atoms with Crippen LogP contribution in [-0.4, -0.2) is 39.4 Å². The lowest BCUT2D eigenvalue weighted by Gasteiger charge is -2.36. The van der Waals surface area contributed by atoms with Crippen molar-refractivity contribution < 1.29 is 18.9 Å². The molecule has 1 saturated carbocycles. The van der Waals surface area contributed by atoms with E-state index in [1.54, 1.807) is 6.92 Å². The van der Waals surface area contributed by atoms with Gasteiger partial charge in [0, 0.05) is 13.0 Å². The Labute approximate surface area is 120 Å². The van der Waals surface area contributed by atoms with Crippen LogP contribution in [0, 0.1) is 12.3 Å². The Kier molecular flexibility index (Phi) is 3.23. The number of urea groups is 1. The number of barbiturate groups is 1. The summed E-state index contributed by atoms with van der Waals surface area (Å²) in [7, 11) is 0. The first-order valence-electron chi connectivity index (χ1n) is 6.99. The van der Waals surface area contributed by atoms with Crippen LogP contribution in [0.15, 0.2) is 4.52 Å². The number of nitrogens with one attached hydrogen (secondary N) is 1. The molecule has 8 heteroatoms. The van der Waals surface area contributed by atoms with Gasteiger partial charge >= 0.3 is 6.03 Å². The standard InChI is InChI=1S/C13H16N4O4/c1-8-14-9(21-16-8)4-7-17-11(19)13(5-2-3-6-13)10(18)15-12(17)20/h2-7H2,1H3,(H,15,18,20). The van der Waals surface area contributed by atoms with Gasteiger partial charge in [0.1, 0.15) is 5.41 Å². The number of amides is 4. The topological polar surface area (TPSA) is 105 Å². The summed E-state index contributed by atoms with van der Waals surface area (Å²) in [4.78, 5) is 41.6. The van der Waals surface area contributed by atoms with Gasteiger partial charge in [-0.2, -0.15) is 4.98 Å². The lowest BCUT2D eigenvalue weighted by atomic mass is 9.82. The average molecular weight is 292 g/mol. The molecular formula is C13H16N4O4.